The van der Waals surface area contributed by atoms with Crippen molar-refractivity contribution in [2.45, 2.75) is 38.5 Å². The molecule has 0 N–H and O–H groups in total. The third-order valence-electron chi connectivity index (χ3n) is 4.61. The van der Waals surface area contributed by atoms with E-state index in [1.165, 1.54) is 5.56 Å². The minimum absolute atomic E-state index is 0.155. The molecule has 1 saturated heterocycles. The first-order valence-corrected chi connectivity index (χ1v) is 8.20. The van der Waals surface area contributed by atoms with Gasteiger partial charge in [0.1, 0.15) is 11.9 Å². The van der Waals surface area contributed by atoms with Gasteiger partial charge in [0.15, 0.2) is 5.82 Å². The lowest BCUT2D eigenvalue weighted by atomic mass is 10.2. The summed E-state index contributed by atoms with van der Waals surface area (Å²) >= 11 is 0. The monoisotopic (exact) mass is 298 g/mol. The van der Waals surface area contributed by atoms with Gasteiger partial charge < -0.3 is 9.30 Å². The highest BCUT2D eigenvalue weighted by molar-refractivity contribution is 5.14. The first-order valence-electron chi connectivity index (χ1n) is 8.20. The molecule has 1 fully saturated rings. The average Bonchev–Trinajstić information content (AvgIpc) is 3.17. The largest absolute Gasteiger partial charge is 0.370 e. The molecular weight excluding hydrogens is 276 g/mol. The maximum atomic E-state index is 5.79. The first-order chi connectivity index (χ1) is 10.9. The summed E-state index contributed by atoms with van der Waals surface area (Å²) < 4.78 is 8.08. The fraction of sp³-hybridized carbons (Fsp3) is 0.529. The van der Waals surface area contributed by atoms with Gasteiger partial charge in [-0.25, -0.2) is 0 Å². The SMILES string of the molecule is c1ccc(CN2CCc3nnc(C4CCCO4)n3CC2)cc1. The molecule has 5 heteroatoms. The number of fused-ring (bicyclic) bond motifs is 1. The van der Waals surface area contributed by atoms with E-state index in [2.05, 4.69) is 50.0 Å². The molecule has 2 aromatic rings. The number of aromatic nitrogens is 3. The molecule has 0 radical (unpaired) electrons. The maximum absolute atomic E-state index is 5.79. The van der Waals surface area contributed by atoms with Crippen molar-refractivity contribution < 1.29 is 4.74 Å². The Labute approximate surface area is 130 Å². The van der Waals surface area contributed by atoms with Crippen LogP contribution in [0.5, 0.6) is 0 Å². The van der Waals surface area contributed by atoms with Gasteiger partial charge in [-0.2, -0.15) is 0 Å². The zero-order chi connectivity index (χ0) is 14.8. The first kappa shape index (κ1) is 13.9. The van der Waals surface area contributed by atoms with E-state index in [4.69, 9.17) is 4.74 Å². The normalized spacial score (nSPS) is 22.5. The molecule has 4 rings (SSSR count). The van der Waals surface area contributed by atoms with E-state index in [0.29, 0.717) is 0 Å². The molecule has 1 aromatic carbocycles. The summed E-state index contributed by atoms with van der Waals surface area (Å²) in [6, 6.07) is 10.7. The lowest BCUT2D eigenvalue weighted by molar-refractivity contribution is 0.101. The molecule has 0 saturated carbocycles. The van der Waals surface area contributed by atoms with Crippen LogP contribution in [0.25, 0.3) is 0 Å². The predicted octanol–water partition coefficient (Wildman–Crippen LogP) is 2.19. The molecular formula is C17H22N4O. The van der Waals surface area contributed by atoms with Crippen LogP contribution < -0.4 is 0 Å². The summed E-state index contributed by atoms with van der Waals surface area (Å²) in [4.78, 5) is 2.50. The highest BCUT2D eigenvalue weighted by Gasteiger charge is 2.26. The van der Waals surface area contributed by atoms with Crippen molar-refractivity contribution >= 4 is 0 Å². The maximum Gasteiger partial charge on any atom is 0.162 e. The van der Waals surface area contributed by atoms with Crippen molar-refractivity contribution in [2.75, 3.05) is 19.7 Å². The lowest BCUT2D eigenvalue weighted by Crippen LogP contribution is -2.26. The third-order valence-corrected chi connectivity index (χ3v) is 4.61. The standard InChI is InChI=1S/C17H22N4O/c1-2-5-14(6-3-1)13-20-9-8-16-18-19-17(21(16)11-10-20)15-7-4-12-22-15/h1-3,5-6,15H,4,7-13H2. The fourth-order valence-electron chi connectivity index (χ4n) is 3.41. The number of rotatable bonds is 3. The van der Waals surface area contributed by atoms with Crippen LogP contribution in [-0.4, -0.2) is 39.4 Å². The van der Waals surface area contributed by atoms with E-state index in [0.717, 1.165) is 63.7 Å². The predicted molar refractivity (Wildman–Crippen MR) is 83.4 cm³/mol. The van der Waals surface area contributed by atoms with Crippen LogP contribution >= 0.6 is 0 Å². The summed E-state index contributed by atoms with van der Waals surface area (Å²) in [5.74, 6) is 2.15. The molecule has 5 nitrogen and oxygen atoms in total. The summed E-state index contributed by atoms with van der Waals surface area (Å²) in [7, 11) is 0. The van der Waals surface area contributed by atoms with Gasteiger partial charge in [0.25, 0.3) is 0 Å². The molecule has 0 bridgehead atoms. The van der Waals surface area contributed by atoms with E-state index >= 15 is 0 Å². The number of ether oxygens (including phenoxy) is 1. The van der Waals surface area contributed by atoms with Crippen molar-refractivity contribution in [3.8, 4) is 0 Å². The van der Waals surface area contributed by atoms with Crippen LogP contribution in [0.1, 0.15) is 36.2 Å². The molecule has 3 heterocycles. The smallest absolute Gasteiger partial charge is 0.162 e. The molecule has 0 spiro atoms. The fourth-order valence-corrected chi connectivity index (χ4v) is 3.41. The van der Waals surface area contributed by atoms with Crippen molar-refractivity contribution in [1.29, 1.82) is 0 Å². The molecule has 0 amide bonds. The molecule has 0 aliphatic carbocycles. The minimum atomic E-state index is 0.155. The van der Waals surface area contributed by atoms with E-state index in [1.54, 1.807) is 0 Å². The Morgan fingerprint density at radius 2 is 2.00 bits per heavy atom. The molecule has 2 aliphatic heterocycles. The van der Waals surface area contributed by atoms with Crippen LogP contribution in [0, 0.1) is 0 Å². The second-order valence-electron chi connectivity index (χ2n) is 6.14. The van der Waals surface area contributed by atoms with Gasteiger partial charge in [-0.15, -0.1) is 10.2 Å². The topological polar surface area (TPSA) is 43.2 Å². The van der Waals surface area contributed by atoms with Crippen molar-refractivity contribution in [2.24, 2.45) is 0 Å². The second kappa shape index (κ2) is 6.18. The molecule has 1 aromatic heterocycles. The zero-order valence-electron chi connectivity index (χ0n) is 12.8. The molecule has 1 unspecified atom stereocenters. The van der Waals surface area contributed by atoms with Crippen LogP contribution in [0.3, 0.4) is 0 Å². The van der Waals surface area contributed by atoms with Gasteiger partial charge in [0.2, 0.25) is 0 Å². The Morgan fingerprint density at radius 1 is 1.09 bits per heavy atom. The Balaban J connectivity index is 1.46. The summed E-state index contributed by atoms with van der Waals surface area (Å²) in [6.45, 7) is 4.91. The number of benzene rings is 1. The highest BCUT2D eigenvalue weighted by atomic mass is 16.5. The van der Waals surface area contributed by atoms with E-state index in [1.807, 2.05) is 0 Å². The third kappa shape index (κ3) is 2.78. The summed E-state index contributed by atoms with van der Waals surface area (Å²) in [5, 5.41) is 8.81. The number of nitrogens with zero attached hydrogens (tertiary/aromatic N) is 4. The number of hydrogen-bond donors (Lipinski definition) is 0. The van der Waals surface area contributed by atoms with Gasteiger partial charge in [0, 0.05) is 39.2 Å². The Kier molecular flexibility index (Phi) is 3.91. The highest BCUT2D eigenvalue weighted by Crippen LogP contribution is 2.28. The van der Waals surface area contributed by atoms with Crippen molar-refractivity contribution in [1.82, 2.24) is 19.7 Å². The molecule has 22 heavy (non-hydrogen) atoms. The molecule has 116 valence electrons. The van der Waals surface area contributed by atoms with Gasteiger partial charge in [-0.3, -0.25) is 4.90 Å². The Hall–Kier alpha value is -1.72. The Morgan fingerprint density at radius 3 is 2.82 bits per heavy atom. The van der Waals surface area contributed by atoms with Crippen molar-refractivity contribution in [3.63, 3.8) is 0 Å². The van der Waals surface area contributed by atoms with Crippen molar-refractivity contribution in [3.05, 3.63) is 47.5 Å². The molecule has 1 atom stereocenters. The van der Waals surface area contributed by atoms with Crippen LogP contribution in [0.15, 0.2) is 30.3 Å². The van der Waals surface area contributed by atoms with Crippen LogP contribution in [-0.2, 0) is 24.2 Å². The summed E-state index contributed by atoms with van der Waals surface area (Å²) in [6.07, 6.45) is 3.33. The quantitative estimate of drug-likeness (QED) is 0.871. The average molecular weight is 298 g/mol. The van der Waals surface area contributed by atoms with Gasteiger partial charge >= 0.3 is 0 Å². The van der Waals surface area contributed by atoms with E-state index < -0.39 is 0 Å². The number of hydrogen-bond acceptors (Lipinski definition) is 4. The lowest BCUT2D eigenvalue weighted by Gasteiger charge is -2.19. The van der Waals surface area contributed by atoms with Crippen LogP contribution in [0.4, 0.5) is 0 Å². The van der Waals surface area contributed by atoms with Gasteiger partial charge in [-0.05, 0) is 18.4 Å². The summed E-state index contributed by atoms with van der Waals surface area (Å²) in [5.41, 5.74) is 1.37. The van der Waals surface area contributed by atoms with Gasteiger partial charge in [-0.1, -0.05) is 30.3 Å². The zero-order valence-corrected chi connectivity index (χ0v) is 12.8. The molecule has 2 aliphatic rings. The Bertz CT molecular complexity index is 619. The second-order valence-corrected chi connectivity index (χ2v) is 6.14. The minimum Gasteiger partial charge on any atom is -0.370 e. The van der Waals surface area contributed by atoms with E-state index in [9.17, 15) is 0 Å². The van der Waals surface area contributed by atoms with Crippen LogP contribution in [0.2, 0.25) is 0 Å². The van der Waals surface area contributed by atoms with Gasteiger partial charge in [0.05, 0.1) is 0 Å². The van der Waals surface area contributed by atoms with E-state index in [-0.39, 0.29) is 6.10 Å².